The molecular weight excluding hydrogens is 306 g/mol. The Morgan fingerprint density at radius 3 is 1.87 bits per heavy atom. The van der Waals surface area contributed by atoms with Crippen molar-refractivity contribution in [3.05, 3.63) is 79.9 Å². The predicted octanol–water partition coefficient (Wildman–Crippen LogP) is 2.69. The van der Waals surface area contributed by atoms with E-state index in [9.17, 15) is 25.0 Å². The first-order chi connectivity index (χ1) is 11.0. The molecule has 2 aromatic carbocycles. The SMILES string of the molecule is O=C(O/N=C/c1ccc([N+](=O)[O-])cc1)c1ccc([N+](=O)[O-])cc1. The Labute approximate surface area is 129 Å². The Bertz CT molecular complexity index is 768. The Morgan fingerprint density at radius 2 is 1.39 bits per heavy atom. The van der Waals surface area contributed by atoms with Crippen molar-refractivity contribution < 1.29 is 19.5 Å². The molecule has 2 aromatic rings. The van der Waals surface area contributed by atoms with Gasteiger partial charge in [0.15, 0.2) is 0 Å². The maximum atomic E-state index is 11.7. The van der Waals surface area contributed by atoms with Crippen LogP contribution in [0.3, 0.4) is 0 Å². The Balaban J connectivity index is 1.97. The fraction of sp³-hybridized carbons (Fsp3) is 0. The summed E-state index contributed by atoms with van der Waals surface area (Å²) in [5.41, 5.74) is 0.407. The van der Waals surface area contributed by atoms with Gasteiger partial charge < -0.3 is 4.84 Å². The lowest BCUT2D eigenvalue weighted by atomic mass is 10.2. The number of hydrogen-bond acceptors (Lipinski definition) is 7. The van der Waals surface area contributed by atoms with Crippen molar-refractivity contribution in [2.24, 2.45) is 5.16 Å². The summed E-state index contributed by atoms with van der Waals surface area (Å²) in [6.45, 7) is 0. The molecule has 9 heteroatoms. The zero-order valence-electron chi connectivity index (χ0n) is 11.5. The van der Waals surface area contributed by atoms with Crippen LogP contribution in [0.2, 0.25) is 0 Å². The minimum atomic E-state index is -0.780. The lowest BCUT2D eigenvalue weighted by Gasteiger charge is -1.98. The number of non-ortho nitro benzene ring substituents is 2. The van der Waals surface area contributed by atoms with Gasteiger partial charge in [-0.3, -0.25) is 20.2 Å². The van der Waals surface area contributed by atoms with Crippen LogP contribution in [-0.4, -0.2) is 22.0 Å². The number of carbonyl (C=O) groups is 1. The molecule has 23 heavy (non-hydrogen) atoms. The molecule has 0 saturated heterocycles. The molecule has 0 atom stereocenters. The number of oxime groups is 1. The third-order valence-electron chi connectivity index (χ3n) is 2.76. The van der Waals surface area contributed by atoms with E-state index in [1.165, 1.54) is 54.7 Å². The number of benzene rings is 2. The first-order valence-corrected chi connectivity index (χ1v) is 6.21. The molecule has 0 radical (unpaired) electrons. The van der Waals surface area contributed by atoms with Crippen molar-refractivity contribution in [2.75, 3.05) is 0 Å². The molecule has 0 saturated carbocycles. The lowest BCUT2D eigenvalue weighted by molar-refractivity contribution is -0.385. The second-order valence-electron chi connectivity index (χ2n) is 4.27. The molecule has 9 nitrogen and oxygen atoms in total. The van der Waals surface area contributed by atoms with Crippen molar-refractivity contribution in [1.29, 1.82) is 0 Å². The average molecular weight is 315 g/mol. The van der Waals surface area contributed by atoms with Crippen LogP contribution in [0.25, 0.3) is 0 Å². The summed E-state index contributed by atoms with van der Waals surface area (Å²) < 4.78 is 0. The van der Waals surface area contributed by atoms with E-state index in [1.54, 1.807) is 0 Å². The quantitative estimate of drug-likeness (QED) is 0.361. The average Bonchev–Trinajstić information content (AvgIpc) is 2.55. The van der Waals surface area contributed by atoms with E-state index in [2.05, 4.69) is 9.99 Å². The van der Waals surface area contributed by atoms with E-state index >= 15 is 0 Å². The van der Waals surface area contributed by atoms with Gasteiger partial charge in [0.1, 0.15) is 0 Å². The highest BCUT2D eigenvalue weighted by Gasteiger charge is 2.10. The van der Waals surface area contributed by atoms with Gasteiger partial charge in [-0.1, -0.05) is 5.16 Å². The van der Waals surface area contributed by atoms with Crippen LogP contribution >= 0.6 is 0 Å². The molecule has 116 valence electrons. The van der Waals surface area contributed by atoms with Crippen LogP contribution in [0, 0.1) is 20.2 Å². The van der Waals surface area contributed by atoms with Crippen molar-refractivity contribution in [2.45, 2.75) is 0 Å². The summed E-state index contributed by atoms with van der Waals surface area (Å²) in [5, 5.41) is 24.5. The van der Waals surface area contributed by atoms with E-state index in [1.807, 2.05) is 0 Å². The van der Waals surface area contributed by atoms with Crippen LogP contribution < -0.4 is 0 Å². The van der Waals surface area contributed by atoms with Gasteiger partial charge in [-0.15, -0.1) is 0 Å². The van der Waals surface area contributed by atoms with Gasteiger partial charge in [-0.25, -0.2) is 4.79 Å². The number of rotatable bonds is 5. The first-order valence-electron chi connectivity index (χ1n) is 6.21. The smallest absolute Gasteiger partial charge is 0.313 e. The normalized spacial score (nSPS) is 10.4. The van der Waals surface area contributed by atoms with Crippen LogP contribution in [0.15, 0.2) is 53.7 Å². The van der Waals surface area contributed by atoms with Gasteiger partial charge in [-0.2, -0.15) is 0 Å². The Hall–Kier alpha value is -3.62. The van der Waals surface area contributed by atoms with Crippen molar-refractivity contribution in [3.63, 3.8) is 0 Å². The highest BCUT2D eigenvalue weighted by Crippen LogP contribution is 2.13. The predicted molar refractivity (Wildman–Crippen MR) is 79.2 cm³/mol. The fourth-order valence-electron chi connectivity index (χ4n) is 1.59. The standard InChI is InChI=1S/C14H9N3O6/c18-14(11-3-7-13(8-4-11)17(21)22)23-15-9-10-1-5-12(6-2-10)16(19)20/h1-9H/b15-9+. The topological polar surface area (TPSA) is 125 Å². The van der Waals surface area contributed by atoms with Gasteiger partial charge in [0.05, 0.1) is 21.6 Å². The third kappa shape index (κ3) is 4.17. The molecule has 0 unspecified atom stereocenters. The first kappa shape index (κ1) is 15.8. The highest BCUT2D eigenvalue weighted by atomic mass is 16.7. The van der Waals surface area contributed by atoms with Crippen molar-refractivity contribution >= 4 is 23.6 Å². The zero-order chi connectivity index (χ0) is 16.8. The van der Waals surface area contributed by atoms with Gasteiger partial charge >= 0.3 is 5.97 Å². The number of nitrogens with zero attached hydrogens (tertiary/aromatic N) is 3. The number of nitro groups is 2. The fourth-order valence-corrected chi connectivity index (χ4v) is 1.59. The molecule has 0 N–H and O–H groups in total. The molecule has 0 aliphatic rings. The number of carbonyl (C=O) groups excluding carboxylic acids is 1. The molecule has 0 aliphatic carbocycles. The lowest BCUT2D eigenvalue weighted by Crippen LogP contribution is -2.01. The Morgan fingerprint density at radius 1 is 0.913 bits per heavy atom. The highest BCUT2D eigenvalue weighted by molar-refractivity contribution is 5.90. The largest absolute Gasteiger partial charge is 0.365 e. The van der Waals surface area contributed by atoms with Crippen LogP contribution in [0.5, 0.6) is 0 Å². The Kier molecular flexibility index (Phi) is 4.72. The third-order valence-corrected chi connectivity index (χ3v) is 2.76. The number of hydrogen-bond donors (Lipinski definition) is 0. The summed E-state index contributed by atoms with van der Waals surface area (Å²) in [6.07, 6.45) is 1.22. The minimum absolute atomic E-state index is 0.0648. The van der Waals surface area contributed by atoms with Crippen LogP contribution in [0.4, 0.5) is 11.4 Å². The van der Waals surface area contributed by atoms with Gasteiger partial charge in [0.25, 0.3) is 11.4 Å². The van der Waals surface area contributed by atoms with E-state index in [0.717, 1.165) is 0 Å². The van der Waals surface area contributed by atoms with Gasteiger partial charge in [-0.05, 0) is 29.8 Å². The van der Waals surface area contributed by atoms with Gasteiger partial charge in [0.2, 0.25) is 0 Å². The van der Waals surface area contributed by atoms with Gasteiger partial charge in [0, 0.05) is 24.3 Å². The molecule has 0 heterocycles. The summed E-state index contributed by atoms with van der Waals surface area (Å²) >= 11 is 0. The van der Waals surface area contributed by atoms with Crippen LogP contribution in [0.1, 0.15) is 15.9 Å². The van der Waals surface area contributed by atoms with E-state index in [-0.39, 0.29) is 16.9 Å². The second kappa shape index (κ2) is 6.89. The molecule has 0 amide bonds. The molecule has 0 aliphatic heterocycles. The maximum absolute atomic E-state index is 11.7. The van der Waals surface area contributed by atoms with E-state index in [0.29, 0.717) is 5.56 Å². The molecule has 0 bridgehead atoms. The van der Waals surface area contributed by atoms with Crippen LogP contribution in [-0.2, 0) is 4.84 Å². The summed E-state index contributed by atoms with van der Waals surface area (Å²) in [5.74, 6) is -0.780. The maximum Gasteiger partial charge on any atom is 0.365 e. The minimum Gasteiger partial charge on any atom is -0.313 e. The summed E-state index contributed by atoms with van der Waals surface area (Å²) in [6, 6.07) is 10.3. The monoisotopic (exact) mass is 315 g/mol. The summed E-state index contributed by atoms with van der Waals surface area (Å²) in [7, 11) is 0. The van der Waals surface area contributed by atoms with Crippen molar-refractivity contribution in [1.82, 2.24) is 0 Å². The molecule has 2 rings (SSSR count). The molecule has 0 aromatic heterocycles. The van der Waals surface area contributed by atoms with Crippen molar-refractivity contribution in [3.8, 4) is 0 Å². The molecule has 0 fully saturated rings. The zero-order valence-corrected chi connectivity index (χ0v) is 11.5. The van der Waals surface area contributed by atoms with E-state index < -0.39 is 15.8 Å². The number of nitro benzene ring substituents is 2. The van der Waals surface area contributed by atoms with E-state index in [4.69, 9.17) is 0 Å². The second-order valence-corrected chi connectivity index (χ2v) is 4.27. The molecular formula is C14H9N3O6. The summed E-state index contributed by atoms with van der Waals surface area (Å²) in [4.78, 5) is 36.2. The molecule has 0 spiro atoms.